The van der Waals surface area contributed by atoms with Gasteiger partial charge in [0.05, 0.1) is 11.5 Å². The zero-order valence-electron chi connectivity index (χ0n) is 14.3. The van der Waals surface area contributed by atoms with Crippen molar-refractivity contribution in [2.45, 2.75) is 24.7 Å². The minimum Gasteiger partial charge on any atom is -0.494 e. The summed E-state index contributed by atoms with van der Waals surface area (Å²) >= 11 is 0. The van der Waals surface area contributed by atoms with Crippen LogP contribution in [0.2, 0.25) is 0 Å². The van der Waals surface area contributed by atoms with Crippen LogP contribution in [0.15, 0.2) is 29.2 Å². The van der Waals surface area contributed by atoms with Gasteiger partial charge in [-0.15, -0.1) is 12.4 Å². The molecule has 0 radical (unpaired) electrons. The van der Waals surface area contributed by atoms with Crippen molar-refractivity contribution < 1.29 is 17.9 Å². The van der Waals surface area contributed by atoms with E-state index in [0.717, 1.165) is 0 Å². The topological polar surface area (TPSA) is 102 Å². The Kier molecular flexibility index (Phi) is 8.64. The summed E-state index contributed by atoms with van der Waals surface area (Å²) in [6, 6.07) is 6.42. The van der Waals surface area contributed by atoms with Gasteiger partial charge in [-0.2, -0.15) is 4.31 Å². The Morgan fingerprint density at radius 1 is 1.28 bits per heavy atom. The normalized spacial score (nSPS) is 16.1. The number of rotatable bonds is 7. The Morgan fingerprint density at radius 2 is 1.88 bits per heavy atom. The summed E-state index contributed by atoms with van der Waals surface area (Å²) in [5, 5.41) is 2.76. The third kappa shape index (κ3) is 5.57. The van der Waals surface area contributed by atoms with E-state index in [0.29, 0.717) is 51.4 Å². The van der Waals surface area contributed by atoms with E-state index in [4.69, 9.17) is 10.5 Å². The van der Waals surface area contributed by atoms with Crippen molar-refractivity contribution in [3.8, 4) is 5.75 Å². The Hall–Kier alpha value is -1.35. The molecule has 1 aromatic rings. The van der Waals surface area contributed by atoms with Crippen LogP contribution < -0.4 is 15.8 Å². The first-order valence-corrected chi connectivity index (χ1v) is 9.63. The van der Waals surface area contributed by atoms with Gasteiger partial charge in [-0.05, 0) is 44.0 Å². The van der Waals surface area contributed by atoms with Gasteiger partial charge in [-0.3, -0.25) is 4.79 Å². The molecular formula is C16H26ClN3O4S. The lowest BCUT2D eigenvalue weighted by atomic mass is 9.97. The largest absolute Gasteiger partial charge is 0.494 e. The quantitative estimate of drug-likeness (QED) is 0.721. The van der Waals surface area contributed by atoms with Gasteiger partial charge in [0.1, 0.15) is 5.75 Å². The standard InChI is InChI=1S/C16H25N3O4S.ClH/c1-2-23-14-3-5-15(6-4-14)24(21,22)19-11-7-13(8-12-19)16(20)18-10-9-17;/h3-6,13H,2,7-12,17H2,1H3,(H,18,20);1H. The average Bonchev–Trinajstić information content (AvgIpc) is 2.60. The highest BCUT2D eigenvalue weighted by molar-refractivity contribution is 7.89. The smallest absolute Gasteiger partial charge is 0.243 e. The number of hydrogen-bond donors (Lipinski definition) is 2. The maximum Gasteiger partial charge on any atom is 0.243 e. The number of nitrogens with zero attached hydrogens (tertiary/aromatic N) is 1. The zero-order chi connectivity index (χ0) is 17.6. The first-order valence-electron chi connectivity index (χ1n) is 8.19. The molecule has 0 atom stereocenters. The lowest BCUT2D eigenvalue weighted by molar-refractivity contribution is -0.126. The average molecular weight is 392 g/mol. The predicted octanol–water partition coefficient (Wildman–Crippen LogP) is 0.983. The van der Waals surface area contributed by atoms with Gasteiger partial charge in [0, 0.05) is 32.1 Å². The molecule has 2 rings (SSSR count). The minimum atomic E-state index is -3.53. The van der Waals surface area contributed by atoms with E-state index in [9.17, 15) is 13.2 Å². The van der Waals surface area contributed by atoms with Gasteiger partial charge in [0.2, 0.25) is 15.9 Å². The number of benzene rings is 1. The molecule has 1 heterocycles. The number of carbonyl (C=O) groups excluding carboxylic acids is 1. The molecule has 0 saturated carbocycles. The molecular weight excluding hydrogens is 366 g/mol. The van der Waals surface area contributed by atoms with Crippen LogP contribution in [0.3, 0.4) is 0 Å². The Morgan fingerprint density at radius 3 is 2.40 bits per heavy atom. The van der Waals surface area contributed by atoms with Gasteiger partial charge in [0.15, 0.2) is 0 Å². The molecule has 0 unspecified atom stereocenters. The van der Waals surface area contributed by atoms with Crippen LogP contribution in [-0.2, 0) is 14.8 Å². The second-order valence-electron chi connectivity index (χ2n) is 5.66. The molecule has 142 valence electrons. The lowest BCUT2D eigenvalue weighted by Crippen LogP contribution is -2.43. The summed E-state index contributed by atoms with van der Waals surface area (Å²) in [4.78, 5) is 12.2. The van der Waals surface area contributed by atoms with Crippen LogP contribution in [0.5, 0.6) is 5.75 Å². The molecule has 1 aliphatic heterocycles. The fourth-order valence-electron chi connectivity index (χ4n) is 2.72. The molecule has 9 heteroatoms. The van der Waals surface area contributed by atoms with Gasteiger partial charge in [-0.1, -0.05) is 0 Å². The number of carbonyl (C=O) groups is 1. The van der Waals surface area contributed by atoms with Crippen LogP contribution in [0, 0.1) is 5.92 Å². The third-order valence-corrected chi connectivity index (χ3v) is 5.95. The molecule has 1 aromatic carbocycles. The number of piperidine rings is 1. The molecule has 1 aliphatic rings. The van der Waals surface area contributed by atoms with Crippen molar-refractivity contribution in [3.63, 3.8) is 0 Å². The minimum absolute atomic E-state index is 0. The molecule has 0 bridgehead atoms. The van der Waals surface area contributed by atoms with Crippen LogP contribution >= 0.6 is 12.4 Å². The Bertz CT molecular complexity index is 644. The summed E-state index contributed by atoms with van der Waals surface area (Å²) in [7, 11) is -3.53. The van der Waals surface area contributed by atoms with Crippen molar-refractivity contribution in [2.75, 3.05) is 32.8 Å². The Labute approximate surface area is 155 Å². The van der Waals surface area contributed by atoms with E-state index in [1.165, 1.54) is 4.31 Å². The summed E-state index contributed by atoms with van der Waals surface area (Å²) in [5.74, 6) is 0.452. The molecule has 0 spiro atoms. The highest BCUT2D eigenvalue weighted by atomic mass is 35.5. The highest BCUT2D eigenvalue weighted by Crippen LogP contribution is 2.25. The van der Waals surface area contributed by atoms with Gasteiger partial charge >= 0.3 is 0 Å². The summed E-state index contributed by atoms with van der Waals surface area (Å²) in [6.45, 7) is 3.94. The highest BCUT2D eigenvalue weighted by Gasteiger charge is 2.31. The second-order valence-corrected chi connectivity index (χ2v) is 7.60. The summed E-state index contributed by atoms with van der Waals surface area (Å²) in [6.07, 6.45) is 1.04. The first kappa shape index (κ1) is 21.7. The van der Waals surface area contributed by atoms with Crippen LogP contribution in [0.1, 0.15) is 19.8 Å². The van der Waals surface area contributed by atoms with Crippen molar-refractivity contribution in [1.29, 1.82) is 0 Å². The van der Waals surface area contributed by atoms with Crippen molar-refractivity contribution >= 4 is 28.3 Å². The summed E-state index contributed by atoms with van der Waals surface area (Å²) < 4.78 is 32.1. The van der Waals surface area contributed by atoms with E-state index in [2.05, 4.69) is 5.32 Å². The molecule has 1 fully saturated rings. The number of hydrogen-bond acceptors (Lipinski definition) is 5. The SMILES string of the molecule is CCOc1ccc(S(=O)(=O)N2CCC(C(=O)NCCN)CC2)cc1.Cl. The van der Waals surface area contributed by atoms with Crippen LogP contribution in [0.4, 0.5) is 0 Å². The van der Waals surface area contributed by atoms with E-state index in [-0.39, 0.29) is 29.1 Å². The van der Waals surface area contributed by atoms with E-state index in [1.54, 1.807) is 24.3 Å². The maximum absolute atomic E-state index is 12.7. The molecule has 0 aliphatic carbocycles. The van der Waals surface area contributed by atoms with E-state index < -0.39 is 10.0 Å². The first-order chi connectivity index (χ1) is 11.5. The third-order valence-electron chi connectivity index (χ3n) is 4.04. The van der Waals surface area contributed by atoms with Gasteiger partial charge in [0.25, 0.3) is 0 Å². The number of nitrogens with one attached hydrogen (secondary N) is 1. The second kappa shape index (κ2) is 9.96. The monoisotopic (exact) mass is 391 g/mol. The van der Waals surface area contributed by atoms with E-state index >= 15 is 0 Å². The molecule has 0 aromatic heterocycles. The fourth-order valence-corrected chi connectivity index (χ4v) is 4.19. The van der Waals surface area contributed by atoms with E-state index in [1.807, 2.05) is 6.92 Å². The van der Waals surface area contributed by atoms with Crippen LogP contribution in [0.25, 0.3) is 0 Å². The molecule has 25 heavy (non-hydrogen) atoms. The number of sulfonamides is 1. The lowest BCUT2D eigenvalue weighted by Gasteiger charge is -2.30. The molecule has 7 nitrogen and oxygen atoms in total. The maximum atomic E-state index is 12.7. The van der Waals surface area contributed by atoms with Gasteiger partial charge < -0.3 is 15.8 Å². The fraction of sp³-hybridized carbons (Fsp3) is 0.562. The van der Waals surface area contributed by atoms with Crippen molar-refractivity contribution in [1.82, 2.24) is 9.62 Å². The number of halogens is 1. The molecule has 1 amide bonds. The number of amides is 1. The van der Waals surface area contributed by atoms with Crippen molar-refractivity contribution in [3.05, 3.63) is 24.3 Å². The Balaban J connectivity index is 0.00000312. The molecule has 1 saturated heterocycles. The zero-order valence-corrected chi connectivity index (χ0v) is 15.9. The summed E-state index contributed by atoms with van der Waals surface area (Å²) in [5.41, 5.74) is 5.37. The van der Waals surface area contributed by atoms with Crippen LogP contribution in [-0.4, -0.2) is 51.4 Å². The molecule has 3 N–H and O–H groups in total. The number of ether oxygens (including phenoxy) is 1. The number of nitrogens with two attached hydrogens (primary N) is 1. The van der Waals surface area contributed by atoms with Crippen molar-refractivity contribution in [2.24, 2.45) is 11.7 Å². The predicted molar refractivity (Wildman–Crippen MR) is 98.4 cm³/mol. The van der Waals surface area contributed by atoms with Gasteiger partial charge in [-0.25, -0.2) is 8.42 Å².